The van der Waals surface area contributed by atoms with Crippen LogP contribution in [0.3, 0.4) is 0 Å². The summed E-state index contributed by atoms with van der Waals surface area (Å²) in [5.41, 5.74) is 3.47. The van der Waals surface area contributed by atoms with Crippen LogP contribution in [-0.2, 0) is 50.6 Å². The molecule has 34 nitrogen and oxygen atoms in total. The molecule has 0 unspecified atom stereocenters. The van der Waals surface area contributed by atoms with E-state index in [9.17, 15) is 69.6 Å². The summed E-state index contributed by atoms with van der Waals surface area (Å²) in [4.78, 5) is 13.0. The third kappa shape index (κ3) is 28.2. The molecule has 42 heteroatoms. The standard InChI is InChI=1S/C59H72N10O24S8/c1-37-27-49(55(88-15-5-21-94)33-45(37)66-68-51-29-39(3)47(35-57(51)90-17-7-23-96-72)64-62-43-13-11-41(100(82,83)84)31-53(43)91-18-8-24-97(73,74)75)60-59(70)61-50-28-38(2)46(34-56(50)89-16-6-22-95-71)67-69-52-30-40(4)48(36-58(52)93-20-10-26-99(79,80)81)65-63-44-14-12-42(101(85,86)87)32-54(44)92-19-9-25-98(76,77)78/h11-14,27-36,71-72,94H,5-10,15-26H2,1-4H3,(H2,60,61,70)(H,73,74,75)(H,76,77,78)(H,79,80,81)(H,82,83,84)(H,85,86,87). The molecule has 0 aliphatic rings. The molecule has 0 aliphatic carbocycles. The Morgan fingerprint density at radius 1 is 0.376 bits per heavy atom. The minimum absolute atomic E-state index is 0.000589. The molecule has 6 aromatic carbocycles. The zero-order valence-corrected chi connectivity index (χ0v) is 60.9. The summed E-state index contributed by atoms with van der Waals surface area (Å²) in [6.07, 6.45) is 0.744. The van der Waals surface area contributed by atoms with Crippen molar-refractivity contribution in [3.63, 3.8) is 0 Å². The average molecular weight is 1560 g/mol. The summed E-state index contributed by atoms with van der Waals surface area (Å²) in [5.74, 6) is -0.766. The van der Waals surface area contributed by atoms with E-state index in [1.54, 1.807) is 52.0 Å². The zero-order valence-electron chi connectivity index (χ0n) is 54.3. The second kappa shape index (κ2) is 38.5. The Kier molecular flexibility index (Phi) is 31.4. The lowest BCUT2D eigenvalue weighted by Gasteiger charge is -2.17. The van der Waals surface area contributed by atoms with Gasteiger partial charge in [0.25, 0.3) is 50.6 Å². The van der Waals surface area contributed by atoms with E-state index in [1.807, 2.05) is 0 Å². The summed E-state index contributed by atoms with van der Waals surface area (Å²) in [7, 11) is -22.5. The van der Waals surface area contributed by atoms with Crippen molar-refractivity contribution < 1.29 is 107 Å². The lowest BCUT2D eigenvalue weighted by molar-refractivity contribution is 0.261. The van der Waals surface area contributed by atoms with Crippen molar-refractivity contribution in [2.24, 2.45) is 40.9 Å². The fourth-order valence-corrected chi connectivity index (χ4v) is 11.5. The molecular weight excluding hydrogens is 1490 g/mol. The van der Waals surface area contributed by atoms with Gasteiger partial charge >= 0.3 is 6.03 Å². The molecule has 0 radical (unpaired) electrons. The van der Waals surface area contributed by atoms with Crippen LogP contribution in [0.15, 0.2) is 136 Å². The van der Waals surface area contributed by atoms with Gasteiger partial charge < -0.3 is 48.2 Å². The van der Waals surface area contributed by atoms with Gasteiger partial charge in [-0.3, -0.25) is 22.8 Å². The van der Waals surface area contributed by atoms with E-state index in [0.29, 0.717) is 88.5 Å². The SMILES string of the molecule is Cc1cc(NC(=O)Nc2cc(C)c(N=Nc3cc(C)c(N=Nc4ccc(S(=O)(=O)O)cc4OCCCS(=O)(=O)O)cc3OCCCS(=O)(=O)O)cc2OCCCSO)c(OCCCS)cc1N=Nc1cc(C)c(N=Nc2ccc(S(=O)(=O)O)cc2OCCCS(=O)(=O)O)cc1OCCCSO. The van der Waals surface area contributed by atoms with Crippen molar-refractivity contribution >= 4 is 150 Å². The second-order valence-electron chi connectivity index (χ2n) is 21.5. The fourth-order valence-electron chi connectivity index (χ4n) is 8.47. The molecule has 6 rings (SSSR count). The van der Waals surface area contributed by atoms with E-state index in [0.717, 1.165) is 30.3 Å². The van der Waals surface area contributed by atoms with Crippen LogP contribution in [0, 0.1) is 27.7 Å². The molecule has 0 spiro atoms. The van der Waals surface area contributed by atoms with Gasteiger partial charge in [0.1, 0.15) is 57.2 Å². The monoisotopic (exact) mass is 1560 g/mol. The van der Waals surface area contributed by atoms with Gasteiger partial charge in [-0.2, -0.15) is 75.2 Å². The Morgan fingerprint density at radius 2 is 0.653 bits per heavy atom. The van der Waals surface area contributed by atoms with Crippen LogP contribution in [0.1, 0.15) is 60.8 Å². The van der Waals surface area contributed by atoms with Crippen molar-refractivity contribution in [2.45, 2.75) is 76.0 Å². The molecule has 6 aromatic rings. The summed E-state index contributed by atoms with van der Waals surface area (Å²) < 4.78 is 217. The van der Waals surface area contributed by atoms with Crippen molar-refractivity contribution in [3.8, 4) is 34.5 Å². The smallest absolute Gasteiger partial charge is 0.323 e. The van der Waals surface area contributed by atoms with Gasteiger partial charge in [-0.25, -0.2) is 4.79 Å². The van der Waals surface area contributed by atoms with Crippen LogP contribution < -0.4 is 39.1 Å². The molecule has 0 aromatic heterocycles. The van der Waals surface area contributed by atoms with E-state index in [4.69, 9.17) is 37.5 Å². The maximum Gasteiger partial charge on any atom is 0.323 e. The number of benzene rings is 6. The number of nitrogens with one attached hydrogen (secondary N) is 2. The predicted octanol–water partition coefficient (Wildman–Crippen LogP) is 14.3. The van der Waals surface area contributed by atoms with E-state index in [1.165, 1.54) is 30.3 Å². The largest absolute Gasteiger partial charge is 0.491 e. The number of aryl methyl sites for hydroxylation is 4. The van der Waals surface area contributed by atoms with Gasteiger partial charge in [0.2, 0.25) is 0 Å². The van der Waals surface area contributed by atoms with Gasteiger partial charge in [0.15, 0.2) is 0 Å². The Hall–Kier alpha value is -7.69. The summed E-state index contributed by atoms with van der Waals surface area (Å²) in [6.45, 7) is 6.18. The first-order valence-electron chi connectivity index (χ1n) is 30.0. The van der Waals surface area contributed by atoms with Crippen LogP contribution in [0.5, 0.6) is 34.5 Å². The number of hydrogen-bond donors (Lipinski definition) is 10. The molecule has 0 aliphatic heterocycles. The maximum absolute atomic E-state index is 14.1. The molecular formula is C59H72N10O24S8. The van der Waals surface area contributed by atoms with E-state index < -0.39 is 83.7 Å². The number of anilines is 2. The lowest BCUT2D eigenvalue weighted by Crippen LogP contribution is -2.21. The van der Waals surface area contributed by atoms with E-state index in [-0.39, 0.29) is 145 Å². The number of carbonyl (C=O) groups excluding carboxylic acids is 1. The van der Waals surface area contributed by atoms with Crippen molar-refractivity contribution in [1.82, 2.24) is 0 Å². The third-order valence-electron chi connectivity index (χ3n) is 13.4. The fraction of sp³-hybridized carbons (Fsp3) is 0.373. The number of thiol groups is 1. The van der Waals surface area contributed by atoms with Gasteiger partial charge in [0.05, 0.1) is 101 Å². The predicted molar refractivity (Wildman–Crippen MR) is 381 cm³/mol. The molecule has 0 bridgehead atoms. The first kappa shape index (κ1) is 82.3. The van der Waals surface area contributed by atoms with Crippen molar-refractivity contribution in [2.75, 3.05) is 84.8 Å². The molecule has 0 atom stereocenters. The van der Waals surface area contributed by atoms with Gasteiger partial charge in [-0.15, -0.1) is 20.5 Å². The second-order valence-corrected chi connectivity index (χ2v) is 30.9. The van der Waals surface area contributed by atoms with Gasteiger partial charge in [-0.05, 0) is 167 Å². The summed E-state index contributed by atoms with van der Waals surface area (Å²) >= 11 is 5.55. The van der Waals surface area contributed by atoms with Crippen LogP contribution >= 0.6 is 36.7 Å². The van der Waals surface area contributed by atoms with Gasteiger partial charge in [0, 0.05) is 47.9 Å². The lowest BCUT2D eigenvalue weighted by atomic mass is 10.1. The van der Waals surface area contributed by atoms with E-state index >= 15 is 0 Å². The number of azo groups is 4. The minimum Gasteiger partial charge on any atom is -0.491 e. The number of amides is 2. The Morgan fingerprint density at radius 3 is 0.970 bits per heavy atom. The first-order chi connectivity index (χ1) is 47.6. The number of urea groups is 1. The van der Waals surface area contributed by atoms with E-state index in [2.05, 4.69) is 64.2 Å². The highest BCUT2D eigenvalue weighted by Crippen LogP contribution is 2.43. The van der Waals surface area contributed by atoms with Crippen LogP contribution in [0.25, 0.3) is 0 Å². The number of ether oxygens (including phenoxy) is 6. The summed E-state index contributed by atoms with van der Waals surface area (Å²) in [5, 5.41) is 40.7. The molecule has 0 fully saturated rings. The number of nitrogens with zero attached hydrogens (tertiary/aromatic N) is 8. The quantitative estimate of drug-likeness (QED) is 0.00560. The average Bonchev–Trinajstić information content (AvgIpc) is 0.826. The molecule has 2 amide bonds. The Bertz CT molecular complexity index is 4630. The van der Waals surface area contributed by atoms with Crippen LogP contribution in [-0.4, -0.2) is 154 Å². The van der Waals surface area contributed by atoms with Crippen molar-refractivity contribution in [1.29, 1.82) is 0 Å². The summed E-state index contributed by atoms with van der Waals surface area (Å²) in [6, 6.07) is 17.9. The molecule has 0 saturated carbocycles. The molecule has 0 heterocycles. The molecule has 101 heavy (non-hydrogen) atoms. The molecule has 9 N–H and O–H groups in total. The highest BCUT2D eigenvalue weighted by Gasteiger charge is 2.21. The highest BCUT2D eigenvalue weighted by molar-refractivity contribution is 7.93. The van der Waals surface area contributed by atoms with Crippen LogP contribution in [0.4, 0.5) is 61.7 Å². The van der Waals surface area contributed by atoms with Crippen LogP contribution in [0.2, 0.25) is 0 Å². The number of rotatable bonds is 41. The normalized spacial score (nSPS) is 12.4. The number of hydrogen-bond acceptors (Lipinski definition) is 30. The van der Waals surface area contributed by atoms with Gasteiger partial charge in [-0.1, -0.05) is 0 Å². The minimum atomic E-state index is -4.74. The third-order valence-corrected chi connectivity index (χ3v) is 18.8. The highest BCUT2D eigenvalue weighted by atomic mass is 32.2. The number of carbonyl (C=O) groups is 1. The molecule has 0 saturated heterocycles. The molecule has 550 valence electrons. The van der Waals surface area contributed by atoms with Crippen molar-refractivity contribution in [3.05, 3.63) is 107 Å². The maximum atomic E-state index is 14.1. The topological polar surface area (TPSA) is 508 Å². The first-order valence-corrected chi connectivity index (χ1v) is 40.2. The zero-order chi connectivity index (χ0) is 74.1. The Labute approximate surface area is 596 Å². The Balaban J connectivity index is 1.29.